The molecule has 1 N–H and O–H groups in total. The van der Waals surface area contributed by atoms with Crippen LogP contribution < -0.4 is 5.32 Å². The van der Waals surface area contributed by atoms with Gasteiger partial charge in [-0.05, 0) is 18.5 Å². The van der Waals surface area contributed by atoms with Gasteiger partial charge in [-0.15, -0.1) is 0 Å². The van der Waals surface area contributed by atoms with E-state index < -0.39 is 0 Å². The number of ether oxygens (including phenoxy) is 2. The summed E-state index contributed by atoms with van der Waals surface area (Å²) in [6.45, 7) is 6.05. The van der Waals surface area contributed by atoms with Crippen molar-refractivity contribution >= 4 is 0 Å². The molecule has 0 radical (unpaired) electrons. The lowest BCUT2D eigenvalue weighted by atomic mass is 10.1. The molecule has 0 amide bonds. The Hall–Kier alpha value is -0.940. The van der Waals surface area contributed by atoms with Crippen LogP contribution >= 0.6 is 0 Å². The predicted octanol–water partition coefficient (Wildman–Crippen LogP) is 2.07. The van der Waals surface area contributed by atoms with Crippen LogP contribution in [0.4, 0.5) is 0 Å². The molecule has 3 atom stereocenters. The fourth-order valence-corrected chi connectivity index (χ4v) is 3.03. The largest absolute Gasteiger partial charge is 0.377 e. The topological polar surface area (TPSA) is 33.7 Å². The molecule has 1 aromatic carbocycles. The number of benzene rings is 1. The summed E-state index contributed by atoms with van der Waals surface area (Å²) >= 11 is 0. The smallest absolute Gasteiger partial charge is 0.0972 e. The maximum atomic E-state index is 5.57. The highest BCUT2D eigenvalue weighted by Gasteiger charge is 2.36. The minimum Gasteiger partial charge on any atom is -0.377 e. The number of hydrogen-bond acceptors (Lipinski definition) is 4. The van der Waals surface area contributed by atoms with Crippen molar-refractivity contribution in [3.63, 3.8) is 0 Å². The molecule has 1 aliphatic rings. The average Bonchev–Trinajstić information content (AvgIpc) is 2.95. The monoisotopic (exact) mass is 292 g/mol. The molecule has 1 aliphatic heterocycles. The summed E-state index contributed by atoms with van der Waals surface area (Å²) in [6, 6.07) is 11.1. The Labute approximate surface area is 128 Å². The van der Waals surface area contributed by atoms with Crippen LogP contribution in [0.1, 0.15) is 24.9 Å². The Bertz CT molecular complexity index is 387. The van der Waals surface area contributed by atoms with Crippen molar-refractivity contribution in [3.8, 4) is 0 Å². The summed E-state index contributed by atoms with van der Waals surface area (Å²) in [5, 5.41) is 3.55. The van der Waals surface area contributed by atoms with Crippen molar-refractivity contribution in [1.82, 2.24) is 10.2 Å². The quantitative estimate of drug-likeness (QED) is 0.744. The molecular weight excluding hydrogens is 264 g/mol. The summed E-state index contributed by atoms with van der Waals surface area (Å²) in [4.78, 5) is 2.47. The summed E-state index contributed by atoms with van der Waals surface area (Å²) in [5.74, 6) is 0. The van der Waals surface area contributed by atoms with Gasteiger partial charge in [0.1, 0.15) is 0 Å². The molecule has 0 spiro atoms. The van der Waals surface area contributed by atoms with Gasteiger partial charge in [0.2, 0.25) is 0 Å². The van der Waals surface area contributed by atoms with Gasteiger partial charge >= 0.3 is 0 Å². The van der Waals surface area contributed by atoms with Crippen molar-refractivity contribution < 1.29 is 9.47 Å². The molecule has 4 heteroatoms. The van der Waals surface area contributed by atoms with Gasteiger partial charge in [-0.3, -0.25) is 4.90 Å². The first-order valence-electron chi connectivity index (χ1n) is 7.85. The molecule has 1 fully saturated rings. The van der Waals surface area contributed by atoms with Gasteiger partial charge in [-0.1, -0.05) is 37.3 Å². The van der Waals surface area contributed by atoms with Crippen LogP contribution in [0, 0.1) is 0 Å². The van der Waals surface area contributed by atoms with E-state index in [9.17, 15) is 0 Å². The van der Waals surface area contributed by atoms with Gasteiger partial charge in [0, 0.05) is 39.9 Å². The van der Waals surface area contributed by atoms with Gasteiger partial charge in [0.25, 0.3) is 0 Å². The zero-order valence-electron chi connectivity index (χ0n) is 13.4. The maximum Gasteiger partial charge on any atom is 0.0972 e. The molecule has 0 aliphatic carbocycles. The van der Waals surface area contributed by atoms with E-state index in [1.165, 1.54) is 5.56 Å². The molecule has 0 aromatic heterocycles. The highest BCUT2D eigenvalue weighted by atomic mass is 16.5. The Morgan fingerprint density at radius 1 is 1.14 bits per heavy atom. The van der Waals surface area contributed by atoms with E-state index in [1.54, 1.807) is 14.2 Å². The summed E-state index contributed by atoms with van der Waals surface area (Å²) < 4.78 is 11.1. The number of rotatable bonds is 8. The second kappa shape index (κ2) is 8.49. The second-order valence-corrected chi connectivity index (χ2v) is 5.63. The van der Waals surface area contributed by atoms with Crippen LogP contribution in [0.15, 0.2) is 30.3 Å². The van der Waals surface area contributed by atoms with Crippen molar-refractivity contribution in [2.75, 3.05) is 40.4 Å². The fraction of sp³-hybridized carbons (Fsp3) is 0.647. The van der Waals surface area contributed by atoms with Crippen LogP contribution in [-0.2, 0) is 9.47 Å². The Morgan fingerprint density at radius 3 is 2.29 bits per heavy atom. The number of nitrogens with one attached hydrogen (secondary N) is 1. The van der Waals surface area contributed by atoms with Crippen molar-refractivity contribution in [1.29, 1.82) is 0 Å². The van der Waals surface area contributed by atoms with Gasteiger partial charge in [0.15, 0.2) is 0 Å². The van der Waals surface area contributed by atoms with E-state index in [2.05, 4.69) is 47.5 Å². The van der Waals surface area contributed by atoms with Gasteiger partial charge in [0.05, 0.1) is 12.2 Å². The highest BCUT2D eigenvalue weighted by Crippen LogP contribution is 2.27. The molecule has 1 heterocycles. The molecule has 1 saturated heterocycles. The molecule has 1 aromatic rings. The van der Waals surface area contributed by atoms with E-state index in [1.807, 2.05) is 0 Å². The molecular formula is C17H28N2O2. The molecule has 118 valence electrons. The number of hydrogen-bond donors (Lipinski definition) is 1. The molecule has 0 bridgehead atoms. The fourth-order valence-electron chi connectivity index (χ4n) is 3.03. The van der Waals surface area contributed by atoms with Crippen molar-refractivity contribution in [2.45, 2.75) is 31.6 Å². The third-order valence-corrected chi connectivity index (χ3v) is 4.24. The summed E-state index contributed by atoms with van der Waals surface area (Å²) in [7, 11) is 3.54. The third kappa shape index (κ3) is 4.27. The van der Waals surface area contributed by atoms with E-state index in [-0.39, 0.29) is 12.2 Å². The van der Waals surface area contributed by atoms with E-state index in [0.717, 1.165) is 32.6 Å². The molecule has 0 saturated carbocycles. The minimum absolute atomic E-state index is 0.160. The Balaban J connectivity index is 2.08. The Morgan fingerprint density at radius 2 is 1.76 bits per heavy atom. The molecule has 4 nitrogen and oxygen atoms in total. The minimum atomic E-state index is 0.160. The second-order valence-electron chi connectivity index (χ2n) is 5.63. The Kier molecular flexibility index (Phi) is 6.64. The number of likely N-dealkylation sites (tertiary alicyclic amines) is 1. The lowest BCUT2D eigenvalue weighted by molar-refractivity contribution is -0.00461. The lowest BCUT2D eigenvalue weighted by Crippen LogP contribution is -2.35. The van der Waals surface area contributed by atoms with Crippen LogP contribution in [0.5, 0.6) is 0 Å². The molecule has 21 heavy (non-hydrogen) atoms. The van der Waals surface area contributed by atoms with Crippen molar-refractivity contribution in [2.24, 2.45) is 0 Å². The van der Waals surface area contributed by atoms with Gasteiger partial charge in [-0.2, -0.15) is 0 Å². The van der Waals surface area contributed by atoms with E-state index in [4.69, 9.17) is 9.47 Å². The zero-order valence-corrected chi connectivity index (χ0v) is 13.4. The van der Waals surface area contributed by atoms with Crippen LogP contribution in [0.3, 0.4) is 0 Å². The molecule has 3 unspecified atom stereocenters. The first-order chi connectivity index (χ1) is 10.3. The number of methoxy groups -OCH3 is 2. The third-order valence-electron chi connectivity index (χ3n) is 4.24. The standard InChI is InChI=1S/C17H28N2O2/c1-4-10-18-11-15(14-8-6-5-7-9-14)19-12-16(20-2)17(13-19)21-3/h5-9,15-18H,4,10-13H2,1-3H3. The SMILES string of the molecule is CCCNCC(c1ccccc1)N1CC(OC)C(OC)C1. The van der Waals surface area contributed by atoms with Crippen LogP contribution in [0.2, 0.25) is 0 Å². The first-order valence-corrected chi connectivity index (χ1v) is 7.85. The van der Waals surface area contributed by atoms with Gasteiger partial charge in [-0.25, -0.2) is 0 Å². The van der Waals surface area contributed by atoms with E-state index in [0.29, 0.717) is 6.04 Å². The van der Waals surface area contributed by atoms with Gasteiger partial charge < -0.3 is 14.8 Å². The predicted molar refractivity (Wildman–Crippen MR) is 85.5 cm³/mol. The summed E-state index contributed by atoms with van der Waals surface area (Å²) in [5.41, 5.74) is 1.35. The normalized spacial score (nSPS) is 24.3. The zero-order chi connectivity index (χ0) is 15.1. The summed E-state index contributed by atoms with van der Waals surface area (Å²) in [6.07, 6.45) is 1.47. The van der Waals surface area contributed by atoms with Crippen LogP contribution in [0.25, 0.3) is 0 Å². The van der Waals surface area contributed by atoms with Crippen LogP contribution in [-0.4, -0.2) is 57.5 Å². The molecule has 2 rings (SSSR count). The van der Waals surface area contributed by atoms with Crippen molar-refractivity contribution in [3.05, 3.63) is 35.9 Å². The average molecular weight is 292 g/mol. The lowest BCUT2D eigenvalue weighted by Gasteiger charge is -2.28. The number of nitrogens with zero attached hydrogens (tertiary/aromatic N) is 1. The van der Waals surface area contributed by atoms with E-state index >= 15 is 0 Å². The maximum absolute atomic E-state index is 5.57. The first kappa shape index (κ1) is 16.4. The highest BCUT2D eigenvalue weighted by molar-refractivity contribution is 5.20.